The van der Waals surface area contributed by atoms with E-state index in [-0.39, 0.29) is 15.2 Å². The lowest BCUT2D eigenvalue weighted by atomic mass is 10.2. The van der Waals surface area contributed by atoms with Crippen molar-refractivity contribution in [2.45, 2.75) is 11.3 Å². The predicted molar refractivity (Wildman–Crippen MR) is 108 cm³/mol. The van der Waals surface area contributed by atoms with Gasteiger partial charge in [0.05, 0.1) is 12.8 Å². The number of rotatable bonds is 6. The van der Waals surface area contributed by atoms with Crippen LogP contribution in [0.2, 0.25) is 5.02 Å². The van der Waals surface area contributed by atoms with Crippen molar-refractivity contribution in [3.63, 3.8) is 0 Å². The number of ether oxygens (including phenoxy) is 1. The zero-order valence-corrected chi connectivity index (χ0v) is 17.2. The number of nitrogens with one attached hydrogen (secondary N) is 2. The number of hydrogen-bond donors (Lipinski definition) is 2. The second-order valence-electron chi connectivity index (χ2n) is 5.64. The molecule has 28 heavy (non-hydrogen) atoms. The topological polar surface area (TPSA) is 110 Å². The molecule has 146 valence electrons. The van der Waals surface area contributed by atoms with Gasteiger partial charge in [-0.25, -0.2) is 0 Å². The Bertz CT molecular complexity index is 1110. The molecule has 2 aromatic carbocycles. The molecule has 0 saturated carbocycles. The van der Waals surface area contributed by atoms with E-state index in [0.717, 1.165) is 16.9 Å². The van der Waals surface area contributed by atoms with Crippen molar-refractivity contribution in [1.29, 1.82) is 0 Å². The average Bonchev–Trinajstić information content (AvgIpc) is 3.11. The van der Waals surface area contributed by atoms with Gasteiger partial charge in [0, 0.05) is 10.6 Å². The lowest BCUT2D eigenvalue weighted by molar-refractivity contribution is 0.102. The van der Waals surface area contributed by atoms with E-state index in [4.69, 9.17) is 16.3 Å². The molecule has 3 aromatic rings. The van der Waals surface area contributed by atoms with Crippen LogP contribution in [-0.4, -0.2) is 31.6 Å². The van der Waals surface area contributed by atoms with Crippen molar-refractivity contribution in [1.82, 2.24) is 10.2 Å². The first-order chi connectivity index (χ1) is 13.3. The van der Waals surface area contributed by atoms with E-state index >= 15 is 0 Å². The summed E-state index contributed by atoms with van der Waals surface area (Å²) < 4.78 is 32.5. The molecule has 11 heteroatoms. The summed E-state index contributed by atoms with van der Waals surface area (Å²) in [6.45, 7) is 1.83. The number of carbonyl (C=O) groups excluding carboxylic acids is 1. The molecule has 0 atom stereocenters. The number of hydrogen-bond acceptors (Lipinski definition) is 7. The summed E-state index contributed by atoms with van der Waals surface area (Å²) >= 11 is 6.52. The van der Waals surface area contributed by atoms with Gasteiger partial charge < -0.3 is 4.74 Å². The van der Waals surface area contributed by atoms with E-state index < -0.39 is 15.9 Å². The summed E-state index contributed by atoms with van der Waals surface area (Å²) in [7, 11) is -2.56. The molecule has 0 aliphatic carbocycles. The zero-order chi connectivity index (χ0) is 20.3. The van der Waals surface area contributed by atoms with E-state index in [0.29, 0.717) is 16.3 Å². The maximum atomic E-state index is 12.6. The Morgan fingerprint density at radius 2 is 1.86 bits per heavy atom. The monoisotopic (exact) mass is 438 g/mol. The number of aromatic nitrogens is 2. The second kappa shape index (κ2) is 8.13. The van der Waals surface area contributed by atoms with E-state index in [9.17, 15) is 13.2 Å². The predicted octanol–water partition coefficient (Wildman–Crippen LogP) is 3.56. The van der Waals surface area contributed by atoms with Gasteiger partial charge in [0.25, 0.3) is 20.3 Å². The Labute approximate surface area is 170 Å². The van der Waals surface area contributed by atoms with E-state index in [2.05, 4.69) is 20.2 Å². The molecule has 1 aromatic heterocycles. The van der Waals surface area contributed by atoms with Crippen LogP contribution in [0.15, 0.2) is 46.8 Å². The fourth-order valence-corrected chi connectivity index (χ4v) is 4.31. The average molecular weight is 439 g/mol. The lowest BCUT2D eigenvalue weighted by Crippen LogP contribution is -2.13. The number of amides is 1. The third kappa shape index (κ3) is 4.58. The van der Waals surface area contributed by atoms with Crippen molar-refractivity contribution < 1.29 is 17.9 Å². The molecule has 8 nitrogen and oxygen atoms in total. The fraction of sp³-hybridized carbons (Fsp3) is 0.118. The SMILES string of the molecule is COc1ccc(C)cc1NS(=O)(=O)c1nnc(NC(=O)c2ccc(Cl)cc2)s1. The highest BCUT2D eigenvalue weighted by atomic mass is 35.5. The summed E-state index contributed by atoms with van der Waals surface area (Å²) in [5.41, 5.74) is 1.49. The van der Waals surface area contributed by atoms with Gasteiger partial charge in [-0.3, -0.25) is 14.8 Å². The molecule has 0 bridgehead atoms. The number of carbonyl (C=O) groups is 1. The summed E-state index contributed by atoms with van der Waals surface area (Å²) in [6.07, 6.45) is 0. The van der Waals surface area contributed by atoms with Gasteiger partial charge in [-0.15, -0.1) is 10.2 Å². The summed E-state index contributed by atoms with van der Waals surface area (Å²) in [4.78, 5) is 12.2. The Hall–Kier alpha value is -2.69. The zero-order valence-electron chi connectivity index (χ0n) is 14.8. The molecule has 0 radical (unpaired) electrons. The highest BCUT2D eigenvalue weighted by Crippen LogP contribution is 2.29. The first-order valence-electron chi connectivity index (χ1n) is 7.86. The minimum atomic E-state index is -4.00. The quantitative estimate of drug-likeness (QED) is 0.569. The van der Waals surface area contributed by atoms with Crippen molar-refractivity contribution in [2.75, 3.05) is 17.1 Å². The molecular weight excluding hydrogens is 424 g/mol. The van der Waals surface area contributed by atoms with E-state index in [1.54, 1.807) is 42.5 Å². The molecule has 0 saturated heterocycles. The highest BCUT2D eigenvalue weighted by Gasteiger charge is 2.23. The summed E-state index contributed by atoms with van der Waals surface area (Å²) in [6, 6.07) is 11.3. The van der Waals surface area contributed by atoms with Crippen LogP contribution < -0.4 is 14.8 Å². The van der Waals surface area contributed by atoms with Crippen LogP contribution in [0.5, 0.6) is 5.75 Å². The van der Waals surface area contributed by atoms with Crippen LogP contribution in [0.3, 0.4) is 0 Å². The Balaban J connectivity index is 1.78. The summed E-state index contributed by atoms with van der Waals surface area (Å²) in [5, 5.41) is 10.5. The number of nitrogens with zero attached hydrogens (tertiary/aromatic N) is 2. The van der Waals surface area contributed by atoms with Crippen LogP contribution in [0, 0.1) is 6.92 Å². The largest absolute Gasteiger partial charge is 0.495 e. The van der Waals surface area contributed by atoms with E-state index in [1.165, 1.54) is 7.11 Å². The standard InChI is InChI=1S/C17H15ClN4O4S2/c1-10-3-8-14(26-2)13(9-10)22-28(24,25)17-21-20-16(27-17)19-15(23)11-4-6-12(18)7-5-11/h3-9,22H,1-2H3,(H,19,20,23). The Kier molecular flexibility index (Phi) is 5.82. The molecule has 3 rings (SSSR count). The molecule has 0 spiro atoms. The molecule has 1 heterocycles. The fourth-order valence-electron chi connectivity index (χ4n) is 2.23. The van der Waals surface area contributed by atoms with Crippen LogP contribution in [0.1, 0.15) is 15.9 Å². The third-order valence-electron chi connectivity index (χ3n) is 3.56. The molecule has 0 fully saturated rings. The van der Waals surface area contributed by atoms with E-state index in [1.807, 2.05) is 6.92 Å². The van der Waals surface area contributed by atoms with Crippen LogP contribution in [0.4, 0.5) is 10.8 Å². The summed E-state index contributed by atoms with van der Waals surface area (Å²) in [5.74, 6) is -0.0833. The van der Waals surface area contributed by atoms with Crippen LogP contribution in [-0.2, 0) is 10.0 Å². The number of benzene rings is 2. The first-order valence-corrected chi connectivity index (χ1v) is 10.5. The smallest absolute Gasteiger partial charge is 0.291 e. The second-order valence-corrected chi connectivity index (χ2v) is 8.91. The van der Waals surface area contributed by atoms with Gasteiger partial charge in [0.1, 0.15) is 5.75 Å². The Morgan fingerprint density at radius 1 is 1.14 bits per heavy atom. The minimum Gasteiger partial charge on any atom is -0.495 e. The molecule has 1 amide bonds. The maximum Gasteiger partial charge on any atom is 0.291 e. The van der Waals surface area contributed by atoms with Gasteiger partial charge in [0.2, 0.25) is 5.13 Å². The third-order valence-corrected chi connectivity index (χ3v) is 6.39. The van der Waals surface area contributed by atoms with Crippen LogP contribution >= 0.6 is 22.9 Å². The highest BCUT2D eigenvalue weighted by molar-refractivity contribution is 7.94. The number of methoxy groups -OCH3 is 1. The molecular formula is C17H15ClN4O4S2. The van der Waals surface area contributed by atoms with Crippen LogP contribution in [0.25, 0.3) is 0 Å². The number of anilines is 2. The molecule has 2 N–H and O–H groups in total. The first kappa shape index (κ1) is 20.1. The molecule has 0 unspecified atom stereocenters. The lowest BCUT2D eigenvalue weighted by Gasteiger charge is -2.10. The van der Waals surface area contributed by atoms with Crippen molar-refractivity contribution in [3.05, 3.63) is 58.6 Å². The van der Waals surface area contributed by atoms with Crippen molar-refractivity contribution in [2.24, 2.45) is 0 Å². The van der Waals surface area contributed by atoms with Crippen molar-refractivity contribution >= 4 is 49.7 Å². The number of sulfonamides is 1. The van der Waals surface area contributed by atoms with Gasteiger partial charge in [-0.05, 0) is 48.9 Å². The van der Waals surface area contributed by atoms with Gasteiger partial charge in [-0.2, -0.15) is 8.42 Å². The molecule has 0 aliphatic heterocycles. The number of aryl methyl sites for hydroxylation is 1. The van der Waals surface area contributed by atoms with Gasteiger partial charge in [0.15, 0.2) is 0 Å². The number of halogens is 1. The Morgan fingerprint density at radius 3 is 2.54 bits per heavy atom. The van der Waals surface area contributed by atoms with Gasteiger partial charge in [-0.1, -0.05) is 29.0 Å². The maximum absolute atomic E-state index is 12.6. The minimum absolute atomic E-state index is 0.0523. The van der Waals surface area contributed by atoms with Crippen molar-refractivity contribution in [3.8, 4) is 5.75 Å². The molecule has 0 aliphatic rings. The normalized spacial score (nSPS) is 11.1. The van der Waals surface area contributed by atoms with Gasteiger partial charge >= 0.3 is 0 Å².